The summed E-state index contributed by atoms with van der Waals surface area (Å²) in [6.07, 6.45) is 7.46. The van der Waals surface area contributed by atoms with Gasteiger partial charge in [-0.3, -0.25) is 4.79 Å². The normalized spacial score (nSPS) is 19.1. The number of allylic oxidation sites excluding steroid dienone is 2. The summed E-state index contributed by atoms with van der Waals surface area (Å²) < 4.78 is 2.06. The topological polar surface area (TPSA) is 109 Å². The number of anilines is 2. The highest BCUT2D eigenvalue weighted by atomic mass is 35.5. The summed E-state index contributed by atoms with van der Waals surface area (Å²) in [7, 11) is 1.99. The summed E-state index contributed by atoms with van der Waals surface area (Å²) in [5.41, 5.74) is 12.2. The Morgan fingerprint density at radius 2 is 2.00 bits per heavy atom. The molecule has 0 radical (unpaired) electrons. The number of aromatic nitrogens is 3. The van der Waals surface area contributed by atoms with Gasteiger partial charge in [-0.05, 0) is 55.4 Å². The maximum absolute atomic E-state index is 13.0. The van der Waals surface area contributed by atoms with Crippen LogP contribution < -0.4 is 11.1 Å². The van der Waals surface area contributed by atoms with Gasteiger partial charge in [0.05, 0.1) is 17.0 Å². The molecule has 3 heterocycles. The standard InChI is InChI=1S/C26H31ClN6O2/c1-32-23(17-8-10-19(11-9-17)31-20(34)14-27)21(22-24(28)29-15-30-25(22)32)16-4-6-18(7-5-16)26(35)33-12-2-3-13-33/h4,8-11,15,18,20,31,34H,2-3,5-7,12-14H2,1H3,(H2,28,29,30)/t18-,20?/m1/s1. The Balaban J connectivity index is 1.53. The Morgan fingerprint density at radius 1 is 1.26 bits per heavy atom. The lowest BCUT2D eigenvalue weighted by Gasteiger charge is -2.26. The number of hydrogen-bond acceptors (Lipinski definition) is 6. The monoisotopic (exact) mass is 494 g/mol. The van der Waals surface area contributed by atoms with E-state index in [0.29, 0.717) is 11.7 Å². The van der Waals surface area contributed by atoms with Gasteiger partial charge in [0, 0.05) is 37.3 Å². The van der Waals surface area contributed by atoms with Gasteiger partial charge in [-0.15, -0.1) is 11.6 Å². The number of aryl methyl sites for hydroxylation is 1. The molecule has 1 fully saturated rings. The van der Waals surface area contributed by atoms with Gasteiger partial charge in [0.1, 0.15) is 24.0 Å². The van der Waals surface area contributed by atoms with Crippen molar-refractivity contribution in [3.63, 3.8) is 0 Å². The van der Waals surface area contributed by atoms with E-state index in [2.05, 4.69) is 25.9 Å². The van der Waals surface area contributed by atoms with Crippen molar-refractivity contribution in [1.82, 2.24) is 19.4 Å². The maximum Gasteiger partial charge on any atom is 0.226 e. The van der Waals surface area contributed by atoms with E-state index in [0.717, 1.165) is 78.7 Å². The van der Waals surface area contributed by atoms with E-state index in [1.54, 1.807) is 0 Å². The third kappa shape index (κ3) is 4.48. The fraction of sp³-hybridized carbons (Fsp3) is 0.423. The average Bonchev–Trinajstić information content (AvgIpc) is 3.52. The van der Waals surface area contributed by atoms with E-state index in [-0.39, 0.29) is 11.8 Å². The second-order valence-corrected chi connectivity index (χ2v) is 9.67. The Labute approximate surface area is 209 Å². The minimum atomic E-state index is -0.811. The molecule has 2 atom stereocenters. The molecule has 184 valence electrons. The first-order valence-corrected chi connectivity index (χ1v) is 12.7. The number of nitrogens with two attached hydrogens (primary N) is 1. The van der Waals surface area contributed by atoms with Crippen LogP contribution in [0.1, 0.15) is 37.7 Å². The zero-order chi connectivity index (χ0) is 24.5. The number of carbonyl (C=O) groups is 1. The first-order valence-electron chi connectivity index (χ1n) is 12.2. The highest BCUT2D eigenvalue weighted by Gasteiger charge is 2.30. The average molecular weight is 495 g/mol. The lowest BCUT2D eigenvalue weighted by Crippen LogP contribution is -2.34. The number of carbonyl (C=O) groups excluding carboxylic acids is 1. The number of benzene rings is 1. The maximum atomic E-state index is 13.0. The zero-order valence-electron chi connectivity index (χ0n) is 19.9. The second-order valence-electron chi connectivity index (χ2n) is 9.36. The highest BCUT2D eigenvalue weighted by Crippen LogP contribution is 2.43. The Hall–Kier alpha value is -3.10. The molecule has 1 amide bonds. The lowest BCUT2D eigenvalue weighted by molar-refractivity contribution is -0.134. The van der Waals surface area contributed by atoms with Crippen LogP contribution in [-0.4, -0.2) is 55.6 Å². The van der Waals surface area contributed by atoms with E-state index in [4.69, 9.17) is 17.3 Å². The number of aliphatic hydroxyl groups excluding tert-OH is 1. The molecule has 1 aromatic carbocycles. The van der Waals surface area contributed by atoms with Crippen LogP contribution in [0, 0.1) is 5.92 Å². The van der Waals surface area contributed by atoms with Crippen molar-refractivity contribution in [2.75, 3.05) is 30.0 Å². The zero-order valence-corrected chi connectivity index (χ0v) is 20.6. The molecular formula is C26H31ClN6O2. The lowest BCUT2D eigenvalue weighted by atomic mass is 9.84. The van der Waals surface area contributed by atoms with Gasteiger partial charge in [-0.25, -0.2) is 9.97 Å². The van der Waals surface area contributed by atoms with E-state index in [9.17, 15) is 9.90 Å². The first-order chi connectivity index (χ1) is 17.0. The summed E-state index contributed by atoms with van der Waals surface area (Å²) in [5.74, 6) is 0.887. The molecule has 1 unspecified atom stereocenters. The molecule has 2 aliphatic rings. The van der Waals surface area contributed by atoms with Crippen LogP contribution in [0.5, 0.6) is 0 Å². The number of fused-ring (bicyclic) bond motifs is 1. The van der Waals surface area contributed by atoms with Crippen molar-refractivity contribution >= 4 is 45.6 Å². The Morgan fingerprint density at radius 3 is 2.66 bits per heavy atom. The van der Waals surface area contributed by atoms with Gasteiger partial charge in [0.15, 0.2) is 0 Å². The molecule has 0 saturated carbocycles. The van der Waals surface area contributed by atoms with Crippen molar-refractivity contribution in [2.45, 2.75) is 38.3 Å². The molecule has 0 bridgehead atoms. The number of nitrogens with zero attached hydrogens (tertiary/aromatic N) is 4. The SMILES string of the molecule is Cn1c(-c2ccc(NC(O)CCl)cc2)c(C2=CC[C@@H](C(=O)N3CCCC3)CC2)c2c(N)ncnc21. The van der Waals surface area contributed by atoms with Gasteiger partial charge in [-0.2, -0.15) is 0 Å². The predicted molar refractivity (Wildman–Crippen MR) is 140 cm³/mol. The van der Waals surface area contributed by atoms with E-state index < -0.39 is 6.23 Å². The number of rotatable bonds is 6. The van der Waals surface area contributed by atoms with Crippen LogP contribution in [-0.2, 0) is 11.8 Å². The fourth-order valence-corrected chi connectivity index (χ4v) is 5.44. The van der Waals surface area contributed by atoms with Gasteiger partial charge in [0.2, 0.25) is 5.91 Å². The molecule has 2 aromatic heterocycles. The third-order valence-electron chi connectivity index (χ3n) is 7.13. The molecule has 1 aliphatic carbocycles. The largest absolute Gasteiger partial charge is 0.383 e. The van der Waals surface area contributed by atoms with Gasteiger partial charge < -0.3 is 25.6 Å². The third-order valence-corrected chi connectivity index (χ3v) is 7.43. The molecule has 1 aliphatic heterocycles. The van der Waals surface area contributed by atoms with Crippen molar-refractivity contribution in [3.8, 4) is 11.3 Å². The highest BCUT2D eigenvalue weighted by molar-refractivity contribution is 6.18. The summed E-state index contributed by atoms with van der Waals surface area (Å²) in [6, 6.07) is 7.85. The van der Waals surface area contributed by atoms with Crippen molar-refractivity contribution in [3.05, 3.63) is 42.2 Å². The number of likely N-dealkylation sites (tertiary alicyclic amines) is 1. The molecule has 8 nitrogen and oxygen atoms in total. The van der Waals surface area contributed by atoms with E-state index in [1.807, 2.05) is 36.2 Å². The number of halogens is 1. The smallest absolute Gasteiger partial charge is 0.226 e. The van der Waals surface area contributed by atoms with Crippen LogP contribution in [0.3, 0.4) is 0 Å². The Kier molecular flexibility index (Phi) is 6.67. The number of amides is 1. The second kappa shape index (κ2) is 9.87. The molecule has 9 heteroatoms. The summed E-state index contributed by atoms with van der Waals surface area (Å²) in [6.45, 7) is 1.78. The first kappa shape index (κ1) is 23.6. The minimum absolute atomic E-state index is 0.0441. The Bertz CT molecular complexity index is 1260. The van der Waals surface area contributed by atoms with Crippen LogP contribution in [0.4, 0.5) is 11.5 Å². The quantitative estimate of drug-likeness (QED) is 0.353. The molecule has 5 rings (SSSR count). The van der Waals surface area contributed by atoms with Crippen LogP contribution in [0.15, 0.2) is 36.7 Å². The molecule has 4 N–H and O–H groups in total. The van der Waals surface area contributed by atoms with Crippen molar-refractivity contribution in [2.24, 2.45) is 13.0 Å². The number of nitrogens with one attached hydrogen (secondary N) is 1. The van der Waals surface area contributed by atoms with Crippen LogP contribution in [0.25, 0.3) is 27.9 Å². The molecule has 3 aromatic rings. The minimum Gasteiger partial charge on any atom is -0.383 e. The molecule has 1 saturated heterocycles. The van der Waals surface area contributed by atoms with Gasteiger partial charge >= 0.3 is 0 Å². The van der Waals surface area contributed by atoms with Crippen molar-refractivity contribution < 1.29 is 9.90 Å². The van der Waals surface area contributed by atoms with E-state index >= 15 is 0 Å². The van der Waals surface area contributed by atoms with Gasteiger partial charge in [0.25, 0.3) is 0 Å². The number of hydrogen-bond donors (Lipinski definition) is 3. The molecular weight excluding hydrogens is 464 g/mol. The van der Waals surface area contributed by atoms with Crippen LogP contribution in [0.2, 0.25) is 0 Å². The van der Waals surface area contributed by atoms with Crippen molar-refractivity contribution in [1.29, 1.82) is 0 Å². The molecule has 0 spiro atoms. The summed E-state index contributed by atoms with van der Waals surface area (Å²) >= 11 is 5.71. The number of aliphatic hydroxyl groups is 1. The number of alkyl halides is 1. The predicted octanol–water partition coefficient (Wildman–Crippen LogP) is 3.99. The van der Waals surface area contributed by atoms with Crippen LogP contribution >= 0.6 is 11.6 Å². The fourth-order valence-electron chi connectivity index (χ4n) is 5.36. The summed E-state index contributed by atoms with van der Waals surface area (Å²) in [4.78, 5) is 23.8. The number of nitrogen functional groups attached to an aromatic ring is 1. The summed E-state index contributed by atoms with van der Waals surface area (Å²) in [5, 5.41) is 13.6. The van der Waals surface area contributed by atoms with Gasteiger partial charge in [-0.1, -0.05) is 18.2 Å². The van der Waals surface area contributed by atoms with E-state index in [1.165, 1.54) is 11.9 Å². The molecule has 35 heavy (non-hydrogen) atoms.